The third-order valence-electron chi connectivity index (χ3n) is 3.65. The standard InChI is InChI=1S/C18H19N3S/c1-12-18(15-9-14(19)7-8-16(15)20)17(11-22-12)21-10-13-5-3-2-4-6-13/h2-9,11,21H,10,19-20H2,1H3. The van der Waals surface area contributed by atoms with Crippen LogP contribution in [-0.4, -0.2) is 0 Å². The number of anilines is 3. The number of benzene rings is 2. The summed E-state index contributed by atoms with van der Waals surface area (Å²) in [5.74, 6) is 0. The van der Waals surface area contributed by atoms with Crippen molar-refractivity contribution in [3.63, 3.8) is 0 Å². The molecule has 0 aliphatic carbocycles. The highest BCUT2D eigenvalue weighted by Crippen LogP contribution is 2.40. The number of aryl methyl sites for hydroxylation is 1. The average molecular weight is 309 g/mol. The Morgan fingerprint density at radius 3 is 2.59 bits per heavy atom. The highest BCUT2D eigenvalue weighted by molar-refractivity contribution is 7.11. The topological polar surface area (TPSA) is 64.1 Å². The molecule has 1 aromatic heterocycles. The summed E-state index contributed by atoms with van der Waals surface area (Å²) in [4.78, 5) is 1.23. The van der Waals surface area contributed by atoms with Crippen LogP contribution in [0, 0.1) is 6.92 Å². The molecule has 0 aliphatic heterocycles. The summed E-state index contributed by atoms with van der Waals surface area (Å²) in [5.41, 5.74) is 18.0. The minimum absolute atomic E-state index is 0.726. The number of hydrogen-bond donors (Lipinski definition) is 3. The zero-order valence-corrected chi connectivity index (χ0v) is 13.3. The molecule has 5 N–H and O–H groups in total. The van der Waals surface area contributed by atoms with Gasteiger partial charge < -0.3 is 16.8 Å². The second-order valence-corrected chi connectivity index (χ2v) is 6.35. The van der Waals surface area contributed by atoms with Crippen LogP contribution in [0.4, 0.5) is 17.1 Å². The van der Waals surface area contributed by atoms with E-state index in [0.29, 0.717) is 0 Å². The van der Waals surface area contributed by atoms with Gasteiger partial charge in [0, 0.05) is 39.3 Å². The van der Waals surface area contributed by atoms with Gasteiger partial charge in [-0.2, -0.15) is 0 Å². The van der Waals surface area contributed by atoms with E-state index < -0.39 is 0 Å². The molecule has 4 heteroatoms. The number of nitrogen functional groups attached to an aromatic ring is 2. The minimum Gasteiger partial charge on any atom is -0.399 e. The number of nitrogens with two attached hydrogens (primary N) is 2. The molecule has 0 spiro atoms. The fourth-order valence-electron chi connectivity index (χ4n) is 2.50. The second kappa shape index (κ2) is 6.12. The Labute approximate surface area is 134 Å². The Morgan fingerprint density at radius 1 is 1.05 bits per heavy atom. The van der Waals surface area contributed by atoms with Crippen LogP contribution in [0.15, 0.2) is 53.9 Å². The van der Waals surface area contributed by atoms with Crippen molar-refractivity contribution in [3.8, 4) is 11.1 Å². The molecule has 0 saturated carbocycles. The molecule has 0 fully saturated rings. The Morgan fingerprint density at radius 2 is 1.82 bits per heavy atom. The predicted octanol–water partition coefficient (Wildman–Crippen LogP) is 4.50. The van der Waals surface area contributed by atoms with Gasteiger partial charge in [-0.15, -0.1) is 11.3 Å². The van der Waals surface area contributed by atoms with Crippen molar-refractivity contribution in [2.24, 2.45) is 0 Å². The molecule has 0 bridgehead atoms. The smallest absolute Gasteiger partial charge is 0.0534 e. The van der Waals surface area contributed by atoms with Gasteiger partial charge in [0.25, 0.3) is 0 Å². The van der Waals surface area contributed by atoms with Crippen LogP contribution in [0.5, 0.6) is 0 Å². The first-order valence-corrected chi connectivity index (χ1v) is 8.04. The third kappa shape index (κ3) is 2.92. The SMILES string of the molecule is Cc1scc(NCc2ccccc2)c1-c1cc(N)ccc1N. The average Bonchev–Trinajstić information content (AvgIpc) is 2.89. The van der Waals surface area contributed by atoms with E-state index in [1.54, 1.807) is 11.3 Å². The van der Waals surface area contributed by atoms with Crippen LogP contribution in [0.1, 0.15) is 10.4 Å². The lowest BCUT2D eigenvalue weighted by molar-refractivity contribution is 1.15. The Bertz CT molecular complexity index is 778. The van der Waals surface area contributed by atoms with Crippen LogP contribution in [0.2, 0.25) is 0 Å². The summed E-state index contributed by atoms with van der Waals surface area (Å²) >= 11 is 1.72. The molecule has 1 heterocycles. The quantitative estimate of drug-likeness (QED) is 0.622. The molecular weight excluding hydrogens is 290 g/mol. The van der Waals surface area contributed by atoms with Crippen molar-refractivity contribution in [3.05, 3.63) is 64.4 Å². The van der Waals surface area contributed by atoms with E-state index in [1.807, 2.05) is 36.4 Å². The number of hydrogen-bond acceptors (Lipinski definition) is 4. The molecular formula is C18H19N3S. The van der Waals surface area contributed by atoms with E-state index >= 15 is 0 Å². The van der Waals surface area contributed by atoms with Crippen molar-refractivity contribution in [1.82, 2.24) is 0 Å². The molecule has 0 radical (unpaired) electrons. The van der Waals surface area contributed by atoms with Gasteiger partial charge in [-0.3, -0.25) is 0 Å². The van der Waals surface area contributed by atoms with Crippen LogP contribution in [-0.2, 0) is 6.54 Å². The van der Waals surface area contributed by atoms with Crippen molar-refractivity contribution >= 4 is 28.4 Å². The Kier molecular flexibility index (Phi) is 4.02. The second-order valence-electron chi connectivity index (χ2n) is 5.27. The minimum atomic E-state index is 0.726. The van der Waals surface area contributed by atoms with Gasteiger partial charge in [0.15, 0.2) is 0 Å². The largest absolute Gasteiger partial charge is 0.399 e. The van der Waals surface area contributed by atoms with E-state index in [0.717, 1.165) is 34.7 Å². The lowest BCUT2D eigenvalue weighted by Gasteiger charge is -2.12. The molecule has 0 aliphatic rings. The molecule has 3 rings (SSSR count). The summed E-state index contributed by atoms with van der Waals surface area (Å²) in [6.45, 7) is 2.89. The number of rotatable bonds is 4. The first kappa shape index (κ1) is 14.5. The molecule has 3 nitrogen and oxygen atoms in total. The van der Waals surface area contributed by atoms with Gasteiger partial charge in [0.2, 0.25) is 0 Å². The molecule has 0 saturated heterocycles. The fraction of sp³-hybridized carbons (Fsp3) is 0.111. The van der Waals surface area contributed by atoms with Crippen LogP contribution in [0.3, 0.4) is 0 Å². The predicted molar refractivity (Wildman–Crippen MR) is 97.1 cm³/mol. The third-order valence-corrected chi connectivity index (χ3v) is 4.56. The van der Waals surface area contributed by atoms with E-state index in [4.69, 9.17) is 11.5 Å². The summed E-state index contributed by atoms with van der Waals surface area (Å²) < 4.78 is 0. The maximum absolute atomic E-state index is 6.15. The molecule has 0 unspecified atom stereocenters. The summed E-state index contributed by atoms with van der Waals surface area (Å²) in [7, 11) is 0. The van der Waals surface area contributed by atoms with E-state index in [1.165, 1.54) is 10.4 Å². The fourth-order valence-corrected chi connectivity index (χ4v) is 3.34. The molecule has 2 aromatic carbocycles. The highest BCUT2D eigenvalue weighted by atomic mass is 32.1. The monoisotopic (exact) mass is 309 g/mol. The lowest BCUT2D eigenvalue weighted by atomic mass is 10.0. The van der Waals surface area contributed by atoms with Gasteiger partial charge >= 0.3 is 0 Å². The first-order valence-electron chi connectivity index (χ1n) is 7.16. The van der Waals surface area contributed by atoms with Crippen molar-refractivity contribution in [2.75, 3.05) is 16.8 Å². The van der Waals surface area contributed by atoms with E-state index in [9.17, 15) is 0 Å². The lowest BCUT2D eigenvalue weighted by Crippen LogP contribution is -2.00. The maximum Gasteiger partial charge on any atom is 0.0534 e. The maximum atomic E-state index is 6.15. The highest BCUT2D eigenvalue weighted by Gasteiger charge is 2.13. The van der Waals surface area contributed by atoms with Gasteiger partial charge in [0.1, 0.15) is 0 Å². The van der Waals surface area contributed by atoms with E-state index in [2.05, 4.69) is 29.8 Å². The van der Waals surface area contributed by atoms with Crippen molar-refractivity contribution in [1.29, 1.82) is 0 Å². The summed E-state index contributed by atoms with van der Waals surface area (Å²) in [6.07, 6.45) is 0. The Hall–Kier alpha value is -2.46. The molecule has 0 atom stereocenters. The first-order chi connectivity index (χ1) is 10.6. The van der Waals surface area contributed by atoms with Gasteiger partial charge in [-0.05, 0) is 30.7 Å². The van der Waals surface area contributed by atoms with Crippen LogP contribution >= 0.6 is 11.3 Å². The van der Waals surface area contributed by atoms with Gasteiger partial charge in [-0.25, -0.2) is 0 Å². The van der Waals surface area contributed by atoms with Gasteiger partial charge in [-0.1, -0.05) is 30.3 Å². The van der Waals surface area contributed by atoms with Crippen LogP contribution in [0.25, 0.3) is 11.1 Å². The molecule has 0 amide bonds. The zero-order valence-electron chi connectivity index (χ0n) is 12.5. The molecule has 22 heavy (non-hydrogen) atoms. The van der Waals surface area contributed by atoms with Crippen molar-refractivity contribution < 1.29 is 0 Å². The van der Waals surface area contributed by atoms with Crippen molar-refractivity contribution in [2.45, 2.75) is 13.5 Å². The Balaban J connectivity index is 1.92. The number of thiophene rings is 1. The number of nitrogens with one attached hydrogen (secondary N) is 1. The zero-order chi connectivity index (χ0) is 15.5. The van der Waals surface area contributed by atoms with Crippen LogP contribution < -0.4 is 16.8 Å². The molecule has 112 valence electrons. The molecule has 3 aromatic rings. The normalized spacial score (nSPS) is 10.6. The van der Waals surface area contributed by atoms with Gasteiger partial charge in [0.05, 0.1) is 5.69 Å². The summed E-state index contributed by atoms with van der Waals surface area (Å²) in [6, 6.07) is 16.0. The summed E-state index contributed by atoms with van der Waals surface area (Å²) in [5, 5.41) is 5.64. The van der Waals surface area contributed by atoms with E-state index in [-0.39, 0.29) is 0 Å².